The maximum Gasteiger partial charge on any atom is 0.142 e. The second-order valence-corrected chi connectivity index (χ2v) is 5.38. The molecular weight excluding hydrogens is 321 g/mol. The number of nitrogens with two attached hydrogens (primary N) is 1. The zero-order chi connectivity index (χ0) is 14.3. The molecule has 2 aromatic carbocycles. The third kappa shape index (κ3) is 1.94. The number of benzene rings is 2. The van der Waals surface area contributed by atoms with Gasteiger partial charge in [-0.2, -0.15) is 0 Å². The minimum Gasteiger partial charge on any atom is -0.327 e. The third-order valence-corrected chi connectivity index (χ3v) is 4.21. The lowest BCUT2D eigenvalue weighted by Gasteiger charge is -2.05. The van der Waals surface area contributed by atoms with Crippen molar-refractivity contribution in [2.75, 3.05) is 0 Å². The summed E-state index contributed by atoms with van der Waals surface area (Å²) in [7, 11) is 1.92. The highest BCUT2D eigenvalue weighted by atomic mass is 79.9. The number of halogens is 2. The van der Waals surface area contributed by atoms with E-state index in [0.717, 1.165) is 22.2 Å². The van der Waals surface area contributed by atoms with Gasteiger partial charge in [-0.05, 0) is 39.7 Å². The van der Waals surface area contributed by atoms with E-state index in [4.69, 9.17) is 5.73 Å². The van der Waals surface area contributed by atoms with Crippen molar-refractivity contribution in [3.8, 4) is 11.4 Å². The van der Waals surface area contributed by atoms with Crippen LogP contribution in [0.4, 0.5) is 4.39 Å². The lowest BCUT2D eigenvalue weighted by Crippen LogP contribution is -1.97. The van der Waals surface area contributed by atoms with Crippen molar-refractivity contribution in [2.45, 2.75) is 6.54 Å². The van der Waals surface area contributed by atoms with Gasteiger partial charge in [0.25, 0.3) is 0 Å². The van der Waals surface area contributed by atoms with Crippen LogP contribution in [0.3, 0.4) is 0 Å². The number of aryl methyl sites for hydroxylation is 1. The standard InChI is InChI=1S/C15H13BrFN3/c1-20-12-7-2-4-9(8-18)14(12)19-15(20)10-5-3-6-11(17)13(10)16/h2-7H,8,18H2,1H3. The number of imidazole rings is 1. The predicted molar refractivity (Wildman–Crippen MR) is 81.7 cm³/mol. The highest BCUT2D eigenvalue weighted by Gasteiger charge is 2.15. The van der Waals surface area contributed by atoms with Crippen molar-refractivity contribution in [2.24, 2.45) is 12.8 Å². The van der Waals surface area contributed by atoms with Gasteiger partial charge in [-0.15, -0.1) is 0 Å². The fourth-order valence-electron chi connectivity index (χ4n) is 2.35. The summed E-state index contributed by atoms with van der Waals surface area (Å²) in [6.07, 6.45) is 0. The van der Waals surface area contributed by atoms with Crippen LogP contribution in [0.15, 0.2) is 40.9 Å². The number of rotatable bonds is 2. The van der Waals surface area contributed by atoms with Crippen LogP contribution in [0.25, 0.3) is 22.4 Å². The van der Waals surface area contributed by atoms with E-state index in [-0.39, 0.29) is 5.82 Å². The first-order chi connectivity index (χ1) is 9.63. The molecule has 0 aliphatic rings. The molecule has 2 N–H and O–H groups in total. The zero-order valence-corrected chi connectivity index (χ0v) is 12.5. The summed E-state index contributed by atoms with van der Waals surface area (Å²) in [4.78, 5) is 4.64. The van der Waals surface area contributed by atoms with E-state index in [9.17, 15) is 4.39 Å². The fraction of sp³-hybridized carbons (Fsp3) is 0.133. The molecule has 0 atom stereocenters. The summed E-state index contributed by atoms with van der Waals surface area (Å²) in [5.74, 6) is 0.417. The summed E-state index contributed by atoms with van der Waals surface area (Å²) in [6, 6.07) is 10.8. The Morgan fingerprint density at radius 2 is 2.00 bits per heavy atom. The Labute approximate surface area is 124 Å². The monoisotopic (exact) mass is 333 g/mol. The number of fused-ring (bicyclic) bond motifs is 1. The van der Waals surface area contributed by atoms with Gasteiger partial charge in [-0.3, -0.25) is 0 Å². The molecule has 1 aromatic heterocycles. The second kappa shape index (κ2) is 5.00. The van der Waals surface area contributed by atoms with Gasteiger partial charge in [0.05, 0.1) is 15.5 Å². The zero-order valence-electron chi connectivity index (χ0n) is 10.9. The van der Waals surface area contributed by atoms with Crippen LogP contribution in [-0.4, -0.2) is 9.55 Å². The van der Waals surface area contributed by atoms with Crippen LogP contribution >= 0.6 is 15.9 Å². The lowest BCUT2D eigenvalue weighted by molar-refractivity contribution is 0.621. The predicted octanol–water partition coefficient (Wildman–Crippen LogP) is 3.60. The molecule has 3 nitrogen and oxygen atoms in total. The largest absolute Gasteiger partial charge is 0.327 e. The summed E-state index contributed by atoms with van der Waals surface area (Å²) in [5, 5.41) is 0. The first-order valence-corrected chi connectivity index (χ1v) is 7.01. The fourth-order valence-corrected chi connectivity index (χ4v) is 2.80. The number of aromatic nitrogens is 2. The summed E-state index contributed by atoms with van der Waals surface area (Å²) in [6.45, 7) is 0.429. The molecule has 102 valence electrons. The molecule has 0 radical (unpaired) electrons. The highest BCUT2D eigenvalue weighted by Crippen LogP contribution is 2.32. The minimum atomic E-state index is -0.298. The van der Waals surface area contributed by atoms with E-state index in [0.29, 0.717) is 16.8 Å². The Kier molecular flexibility index (Phi) is 3.31. The Morgan fingerprint density at radius 3 is 2.75 bits per heavy atom. The van der Waals surface area contributed by atoms with E-state index in [1.165, 1.54) is 6.07 Å². The molecule has 0 amide bonds. The van der Waals surface area contributed by atoms with Gasteiger partial charge in [-0.1, -0.05) is 18.2 Å². The maximum absolute atomic E-state index is 13.7. The molecule has 0 spiro atoms. The number of hydrogen-bond acceptors (Lipinski definition) is 2. The number of hydrogen-bond donors (Lipinski definition) is 1. The van der Waals surface area contributed by atoms with Crippen LogP contribution in [-0.2, 0) is 13.6 Å². The van der Waals surface area contributed by atoms with Crippen molar-refractivity contribution in [1.82, 2.24) is 9.55 Å². The van der Waals surface area contributed by atoms with Gasteiger partial charge in [0.2, 0.25) is 0 Å². The van der Waals surface area contributed by atoms with Gasteiger partial charge in [-0.25, -0.2) is 9.37 Å². The molecule has 0 aliphatic heterocycles. The van der Waals surface area contributed by atoms with Gasteiger partial charge in [0.15, 0.2) is 0 Å². The smallest absolute Gasteiger partial charge is 0.142 e. The molecule has 3 aromatic rings. The maximum atomic E-state index is 13.7. The van der Waals surface area contributed by atoms with E-state index < -0.39 is 0 Å². The van der Waals surface area contributed by atoms with Crippen LogP contribution in [0.1, 0.15) is 5.56 Å². The Hall–Kier alpha value is -1.72. The average Bonchev–Trinajstić information content (AvgIpc) is 2.79. The molecular formula is C15H13BrFN3. The van der Waals surface area contributed by atoms with Crippen molar-refractivity contribution in [1.29, 1.82) is 0 Å². The summed E-state index contributed by atoms with van der Waals surface area (Å²) < 4.78 is 16.1. The molecule has 5 heteroatoms. The van der Waals surface area contributed by atoms with Crippen LogP contribution in [0.5, 0.6) is 0 Å². The summed E-state index contributed by atoms with van der Waals surface area (Å²) in [5.41, 5.74) is 9.31. The molecule has 0 unspecified atom stereocenters. The SMILES string of the molecule is Cn1c(-c2cccc(F)c2Br)nc2c(CN)cccc21. The molecule has 0 bridgehead atoms. The highest BCUT2D eigenvalue weighted by molar-refractivity contribution is 9.10. The van der Waals surface area contributed by atoms with Crippen molar-refractivity contribution >= 4 is 27.0 Å². The molecule has 1 heterocycles. The number of nitrogens with zero attached hydrogens (tertiary/aromatic N) is 2. The Balaban J connectivity index is 2.32. The average molecular weight is 334 g/mol. The third-order valence-electron chi connectivity index (χ3n) is 3.41. The van der Waals surface area contributed by atoms with E-state index in [1.54, 1.807) is 6.07 Å². The Morgan fingerprint density at radius 1 is 1.25 bits per heavy atom. The van der Waals surface area contributed by atoms with Crippen LogP contribution in [0, 0.1) is 5.82 Å². The van der Waals surface area contributed by atoms with E-state index >= 15 is 0 Å². The van der Waals surface area contributed by atoms with Crippen LogP contribution < -0.4 is 5.73 Å². The summed E-state index contributed by atoms with van der Waals surface area (Å²) >= 11 is 3.29. The molecule has 0 aliphatic carbocycles. The van der Waals surface area contributed by atoms with Crippen molar-refractivity contribution in [3.05, 3.63) is 52.3 Å². The van der Waals surface area contributed by atoms with E-state index in [2.05, 4.69) is 20.9 Å². The first-order valence-electron chi connectivity index (χ1n) is 6.22. The van der Waals surface area contributed by atoms with Crippen LogP contribution in [0.2, 0.25) is 0 Å². The normalized spacial score (nSPS) is 11.2. The molecule has 0 saturated carbocycles. The topological polar surface area (TPSA) is 43.8 Å². The minimum absolute atomic E-state index is 0.298. The van der Waals surface area contributed by atoms with Gasteiger partial charge < -0.3 is 10.3 Å². The number of para-hydroxylation sites is 1. The van der Waals surface area contributed by atoms with E-state index in [1.807, 2.05) is 35.9 Å². The van der Waals surface area contributed by atoms with Crippen molar-refractivity contribution < 1.29 is 4.39 Å². The molecule has 0 fully saturated rings. The molecule has 0 saturated heterocycles. The Bertz CT molecular complexity index is 795. The van der Waals surface area contributed by atoms with Crippen molar-refractivity contribution in [3.63, 3.8) is 0 Å². The molecule has 3 rings (SSSR count). The first kappa shape index (κ1) is 13.3. The second-order valence-electron chi connectivity index (χ2n) is 4.58. The van der Waals surface area contributed by atoms with Gasteiger partial charge in [0.1, 0.15) is 11.6 Å². The van der Waals surface area contributed by atoms with Gasteiger partial charge in [0, 0.05) is 19.2 Å². The quantitative estimate of drug-likeness (QED) is 0.778. The lowest BCUT2D eigenvalue weighted by atomic mass is 10.2. The van der Waals surface area contributed by atoms with Gasteiger partial charge >= 0.3 is 0 Å². The molecule has 20 heavy (non-hydrogen) atoms.